The van der Waals surface area contributed by atoms with Crippen molar-refractivity contribution in [1.82, 2.24) is 19.2 Å². The van der Waals surface area contributed by atoms with Gasteiger partial charge in [0.25, 0.3) is 5.56 Å². The number of fused-ring (bicyclic) bond motifs is 1. The number of carbonyl (C=O) groups is 1. The minimum absolute atomic E-state index is 0.121. The molecule has 0 radical (unpaired) electrons. The van der Waals surface area contributed by atoms with Gasteiger partial charge >= 0.3 is 0 Å². The van der Waals surface area contributed by atoms with Crippen molar-refractivity contribution in [2.45, 2.75) is 70.2 Å². The van der Waals surface area contributed by atoms with Crippen molar-refractivity contribution in [1.29, 1.82) is 0 Å². The second kappa shape index (κ2) is 7.26. The van der Waals surface area contributed by atoms with E-state index in [1.165, 1.54) is 4.31 Å². The molecule has 28 heavy (non-hydrogen) atoms. The number of piperidine rings is 1. The molecule has 3 aliphatic rings. The van der Waals surface area contributed by atoms with Gasteiger partial charge in [-0.3, -0.25) is 9.59 Å². The van der Waals surface area contributed by atoms with Crippen molar-refractivity contribution in [3.05, 3.63) is 27.4 Å². The summed E-state index contributed by atoms with van der Waals surface area (Å²) in [5.41, 5.74) is 0.888. The van der Waals surface area contributed by atoms with E-state index in [1.54, 1.807) is 13.8 Å². The van der Waals surface area contributed by atoms with Gasteiger partial charge in [0.1, 0.15) is 5.82 Å². The standard InChI is InChI=1S/C19H28N4O4S/c1-12(2)28(26,27)22-10-8-14-15(11-22)20-17(21-18(14)24)16-5-3-4-9-23(16)19(25)13-6-7-13/h12-13,16H,3-11H2,1-2H3,(H,20,21,24). The van der Waals surface area contributed by atoms with Crippen LogP contribution in [0.3, 0.4) is 0 Å². The van der Waals surface area contributed by atoms with Crippen LogP contribution in [0, 0.1) is 5.92 Å². The van der Waals surface area contributed by atoms with Gasteiger partial charge in [-0.05, 0) is 52.4 Å². The Kier molecular flexibility index (Phi) is 5.07. The normalized spacial score (nSPS) is 23.7. The largest absolute Gasteiger partial charge is 0.332 e. The van der Waals surface area contributed by atoms with Gasteiger partial charge in [-0.15, -0.1) is 0 Å². The molecule has 8 nitrogen and oxygen atoms in total. The highest BCUT2D eigenvalue weighted by atomic mass is 32.2. The summed E-state index contributed by atoms with van der Waals surface area (Å²) < 4.78 is 26.5. The Labute approximate surface area is 165 Å². The molecule has 3 heterocycles. The molecule has 154 valence electrons. The predicted molar refractivity (Wildman–Crippen MR) is 104 cm³/mol. The van der Waals surface area contributed by atoms with Crippen LogP contribution < -0.4 is 5.56 Å². The van der Waals surface area contributed by atoms with Gasteiger partial charge in [0.15, 0.2) is 0 Å². The maximum absolute atomic E-state index is 12.7. The van der Waals surface area contributed by atoms with Crippen molar-refractivity contribution >= 4 is 15.9 Å². The third-order valence-corrected chi connectivity index (χ3v) is 8.26. The van der Waals surface area contributed by atoms with Crippen LogP contribution in [0.5, 0.6) is 0 Å². The molecule has 1 saturated heterocycles. The molecule has 0 aromatic carbocycles. The molecule has 4 rings (SSSR count). The minimum Gasteiger partial charge on any atom is -0.332 e. The fourth-order valence-electron chi connectivity index (χ4n) is 4.15. The van der Waals surface area contributed by atoms with Gasteiger partial charge in [-0.1, -0.05) is 0 Å². The van der Waals surface area contributed by atoms with Crippen LogP contribution >= 0.6 is 0 Å². The summed E-state index contributed by atoms with van der Waals surface area (Å²) in [5.74, 6) is 0.784. The topological polar surface area (TPSA) is 103 Å². The van der Waals surface area contributed by atoms with Gasteiger partial charge in [0.05, 0.1) is 23.5 Å². The van der Waals surface area contributed by atoms with Crippen LogP contribution in [-0.4, -0.2) is 51.8 Å². The van der Waals surface area contributed by atoms with Crippen LogP contribution in [0.15, 0.2) is 4.79 Å². The zero-order chi connectivity index (χ0) is 20.1. The summed E-state index contributed by atoms with van der Waals surface area (Å²) in [6.45, 7) is 4.42. The van der Waals surface area contributed by atoms with E-state index in [9.17, 15) is 18.0 Å². The Bertz CT molecular complexity index is 936. The number of hydrogen-bond acceptors (Lipinski definition) is 5. The zero-order valence-electron chi connectivity index (χ0n) is 16.5. The number of H-pyrrole nitrogens is 1. The van der Waals surface area contributed by atoms with Gasteiger partial charge in [0.2, 0.25) is 15.9 Å². The molecule has 0 bridgehead atoms. The van der Waals surface area contributed by atoms with Gasteiger partial charge in [-0.2, -0.15) is 4.31 Å². The quantitative estimate of drug-likeness (QED) is 0.809. The lowest BCUT2D eigenvalue weighted by Crippen LogP contribution is -2.44. The predicted octanol–water partition coefficient (Wildman–Crippen LogP) is 1.33. The molecule has 1 aromatic rings. The van der Waals surface area contributed by atoms with E-state index in [2.05, 4.69) is 9.97 Å². The van der Waals surface area contributed by atoms with E-state index in [0.29, 0.717) is 36.6 Å². The number of aromatic nitrogens is 2. The Morgan fingerprint density at radius 3 is 2.61 bits per heavy atom. The number of amides is 1. The van der Waals surface area contributed by atoms with Crippen molar-refractivity contribution in [2.75, 3.05) is 13.1 Å². The van der Waals surface area contributed by atoms with Crippen LogP contribution in [-0.2, 0) is 27.8 Å². The first kappa shape index (κ1) is 19.6. The lowest BCUT2D eigenvalue weighted by Gasteiger charge is -2.36. The number of hydrogen-bond donors (Lipinski definition) is 1. The van der Waals surface area contributed by atoms with Gasteiger partial charge < -0.3 is 9.88 Å². The average Bonchev–Trinajstić information content (AvgIpc) is 3.52. The molecular weight excluding hydrogens is 380 g/mol. The number of sulfonamides is 1. The molecule has 1 aliphatic carbocycles. The third-order valence-electron chi connectivity index (χ3n) is 6.04. The third kappa shape index (κ3) is 3.50. The van der Waals surface area contributed by atoms with E-state index in [4.69, 9.17) is 0 Å². The van der Waals surface area contributed by atoms with Crippen LogP contribution in [0.4, 0.5) is 0 Å². The number of rotatable bonds is 4. The van der Waals surface area contributed by atoms with E-state index in [0.717, 1.165) is 32.1 Å². The van der Waals surface area contributed by atoms with Crippen LogP contribution in [0.2, 0.25) is 0 Å². The number of likely N-dealkylation sites (tertiary alicyclic amines) is 1. The minimum atomic E-state index is -3.40. The molecule has 1 saturated carbocycles. The maximum atomic E-state index is 12.7. The lowest BCUT2D eigenvalue weighted by atomic mass is 10.00. The molecule has 1 atom stereocenters. The summed E-state index contributed by atoms with van der Waals surface area (Å²) in [6, 6.07) is -0.225. The fraction of sp³-hybridized carbons (Fsp3) is 0.737. The van der Waals surface area contributed by atoms with Gasteiger partial charge in [0, 0.05) is 24.6 Å². The molecular formula is C19H28N4O4S. The molecule has 9 heteroatoms. The Morgan fingerprint density at radius 2 is 1.93 bits per heavy atom. The molecule has 1 amide bonds. The molecule has 1 aromatic heterocycles. The molecule has 2 aliphatic heterocycles. The smallest absolute Gasteiger partial charge is 0.254 e. The Morgan fingerprint density at radius 1 is 1.18 bits per heavy atom. The summed E-state index contributed by atoms with van der Waals surface area (Å²) >= 11 is 0. The summed E-state index contributed by atoms with van der Waals surface area (Å²) in [5, 5.41) is -0.513. The number of nitrogens with zero attached hydrogens (tertiary/aromatic N) is 3. The van der Waals surface area contributed by atoms with E-state index >= 15 is 0 Å². The molecule has 0 spiro atoms. The molecule has 1 N–H and O–H groups in total. The Hall–Kier alpha value is -1.74. The number of carbonyl (C=O) groups excluding carboxylic acids is 1. The maximum Gasteiger partial charge on any atom is 0.254 e. The zero-order valence-corrected chi connectivity index (χ0v) is 17.3. The van der Waals surface area contributed by atoms with E-state index < -0.39 is 15.3 Å². The van der Waals surface area contributed by atoms with Crippen molar-refractivity contribution in [3.63, 3.8) is 0 Å². The first-order chi connectivity index (χ1) is 13.3. The highest BCUT2D eigenvalue weighted by Crippen LogP contribution is 2.37. The highest BCUT2D eigenvalue weighted by Gasteiger charge is 2.39. The van der Waals surface area contributed by atoms with E-state index in [-0.39, 0.29) is 30.0 Å². The number of nitrogens with one attached hydrogen (secondary N) is 1. The first-order valence-corrected chi connectivity index (χ1v) is 11.7. The first-order valence-electron chi connectivity index (χ1n) is 10.2. The highest BCUT2D eigenvalue weighted by molar-refractivity contribution is 7.89. The summed E-state index contributed by atoms with van der Waals surface area (Å²) in [4.78, 5) is 34.8. The average molecular weight is 409 g/mol. The lowest BCUT2D eigenvalue weighted by molar-refractivity contribution is -0.136. The summed E-state index contributed by atoms with van der Waals surface area (Å²) in [7, 11) is -3.40. The molecule has 1 unspecified atom stereocenters. The fourth-order valence-corrected chi connectivity index (χ4v) is 5.40. The van der Waals surface area contributed by atoms with Crippen molar-refractivity contribution in [2.24, 2.45) is 5.92 Å². The van der Waals surface area contributed by atoms with Crippen molar-refractivity contribution < 1.29 is 13.2 Å². The second-order valence-electron chi connectivity index (χ2n) is 8.37. The Balaban J connectivity index is 1.66. The summed E-state index contributed by atoms with van der Waals surface area (Å²) in [6.07, 6.45) is 4.96. The van der Waals surface area contributed by atoms with Crippen LogP contribution in [0.25, 0.3) is 0 Å². The van der Waals surface area contributed by atoms with E-state index in [1.807, 2.05) is 4.90 Å². The van der Waals surface area contributed by atoms with Crippen molar-refractivity contribution in [3.8, 4) is 0 Å². The number of aromatic amines is 1. The monoisotopic (exact) mass is 408 g/mol. The van der Waals surface area contributed by atoms with Gasteiger partial charge in [-0.25, -0.2) is 13.4 Å². The second-order valence-corrected chi connectivity index (χ2v) is 10.9. The van der Waals surface area contributed by atoms with Crippen LogP contribution in [0.1, 0.15) is 69.1 Å². The molecule has 2 fully saturated rings. The SMILES string of the molecule is CC(C)S(=O)(=O)N1CCc2c(nc(C3CCCCN3C(=O)C3CC3)[nH]c2=O)C1.